The third kappa shape index (κ3) is 4.33. The maximum Gasteiger partial charge on any atom is 0.274 e. The first-order chi connectivity index (χ1) is 14.0. The maximum absolute atomic E-state index is 13.3. The zero-order valence-electron chi connectivity index (χ0n) is 14.9. The normalized spacial score (nSPS) is 10.9. The van der Waals surface area contributed by atoms with E-state index in [4.69, 9.17) is 11.6 Å². The number of carbonyl (C=O) groups excluding carboxylic acids is 1. The van der Waals surface area contributed by atoms with Crippen LogP contribution in [0.2, 0.25) is 5.02 Å². The summed E-state index contributed by atoms with van der Waals surface area (Å²) >= 11 is 6.16. The highest BCUT2D eigenvalue weighted by Gasteiger charge is 2.15. The second-order valence-electron chi connectivity index (χ2n) is 6.28. The van der Waals surface area contributed by atoms with E-state index in [1.54, 1.807) is 36.5 Å². The van der Waals surface area contributed by atoms with Crippen LogP contribution in [0.4, 0.5) is 14.6 Å². The van der Waals surface area contributed by atoms with Crippen molar-refractivity contribution >= 4 is 23.3 Å². The van der Waals surface area contributed by atoms with Crippen molar-refractivity contribution in [3.05, 3.63) is 88.7 Å². The number of nitrogens with zero attached hydrogens (tertiary/aromatic N) is 3. The molecule has 0 unspecified atom stereocenters. The molecule has 0 atom stereocenters. The lowest BCUT2D eigenvalue weighted by molar-refractivity contribution is 0.102. The highest BCUT2D eigenvalue weighted by atomic mass is 35.5. The van der Waals surface area contributed by atoms with Crippen LogP contribution in [0.15, 0.2) is 60.8 Å². The van der Waals surface area contributed by atoms with Crippen LogP contribution in [0.3, 0.4) is 0 Å². The number of hydrogen-bond acceptors (Lipinski definition) is 3. The molecule has 2 N–H and O–H groups in total. The Morgan fingerprint density at radius 3 is 2.66 bits per heavy atom. The van der Waals surface area contributed by atoms with Gasteiger partial charge in [-0.25, -0.2) is 8.78 Å². The van der Waals surface area contributed by atoms with E-state index in [-0.39, 0.29) is 28.2 Å². The highest BCUT2D eigenvalue weighted by Crippen LogP contribution is 2.22. The van der Waals surface area contributed by atoms with Crippen LogP contribution in [0, 0.1) is 11.6 Å². The summed E-state index contributed by atoms with van der Waals surface area (Å²) in [5, 5.41) is 13.8. The summed E-state index contributed by atoms with van der Waals surface area (Å²) in [7, 11) is 0. The lowest BCUT2D eigenvalue weighted by atomic mass is 10.1. The van der Waals surface area contributed by atoms with Gasteiger partial charge in [0.2, 0.25) is 0 Å². The number of amides is 1. The Bertz CT molecular complexity index is 1170. The number of nitrogens with one attached hydrogen (secondary N) is 2. The molecule has 0 aliphatic carbocycles. The van der Waals surface area contributed by atoms with Crippen molar-refractivity contribution in [2.75, 3.05) is 5.32 Å². The molecular weight excluding hydrogens is 400 g/mol. The van der Waals surface area contributed by atoms with E-state index < -0.39 is 5.91 Å². The lowest BCUT2D eigenvalue weighted by Gasteiger charge is -2.02. The van der Waals surface area contributed by atoms with Gasteiger partial charge in [-0.2, -0.15) is 10.2 Å². The second kappa shape index (κ2) is 7.84. The summed E-state index contributed by atoms with van der Waals surface area (Å²) in [4.78, 5) is 12.5. The average molecular weight is 414 g/mol. The SMILES string of the molecule is O=C(Nc1nn(Cc2cccc(F)c2)cc1Cl)c1cc(-c2ccc(F)cc2)n[nH]1. The molecular formula is C20H14ClF2N5O. The summed E-state index contributed by atoms with van der Waals surface area (Å²) in [6.07, 6.45) is 1.54. The van der Waals surface area contributed by atoms with Gasteiger partial charge in [0.05, 0.1) is 12.2 Å². The largest absolute Gasteiger partial charge is 0.302 e. The van der Waals surface area contributed by atoms with Crippen molar-refractivity contribution in [2.24, 2.45) is 0 Å². The Kier molecular flexibility index (Phi) is 5.09. The molecule has 0 spiro atoms. The van der Waals surface area contributed by atoms with Crippen LogP contribution < -0.4 is 5.32 Å². The predicted molar refractivity (Wildman–Crippen MR) is 105 cm³/mol. The van der Waals surface area contributed by atoms with Gasteiger partial charge in [0.15, 0.2) is 5.82 Å². The minimum Gasteiger partial charge on any atom is -0.302 e. The minimum absolute atomic E-state index is 0.172. The van der Waals surface area contributed by atoms with E-state index in [2.05, 4.69) is 20.6 Å². The third-order valence-electron chi connectivity index (χ3n) is 4.15. The molecule has 2 heterocycles. The number of hydrogen-bond donors (Lipinski definition) is 2. The molecule has 0 aliphatic rings. The monoisotopic (exact) mass is 413 g/mol. The minimum atomic E-state index is -0.483. The van der Waals surface area contributed by atoms with Gasteiger partial charge in [-0.15, -0.1) is 0 Å². The van der Waals surface area contributed by atoms with E-state index in [0.717, 1.165) is 0 Å². The van der Waals surface area contributed by atoms with Crippen molar-refractivity contribution in [1.82, 2.24) is 20.0 Å². The van der Waals surface area contributed by atoms with E-state index in [0.29, 0.717) is 23.4 Å². The molecule has 0 radical (unpaired) electrons. The Hall–Kier alpha value is -3.52. The molecule has 1 amide bonds. The number of anilines is 1. The van der Waals surface area contributed by atoms with Crippen molar-refractivity contribution < 1.29 is 13.6 Å². The molecule has 9 heteroatoms. The predicted octanol–water partition coefficient (Wildman–Crippen LogP) is 4.51. The third-order valence-corrected chi connectivity index (χ3v) is 4.42. The standard InChI is InChI=1S/C20H14ClF2N5O/c21-16-11-28(10-12-2-1-3-15(23)8-12)27-19(16)24-20(29)18-9-17(25-26-18)13-4-6-14(22)7-5-13/h1-9,11H,10H2,(H,25,26)(H,24,27,29). The topological polar surface area (TPSA) is 75.6 Å². The van der Waals surface area contributed by atoms with Gasteiger partial charge in [0.25, 0.3) is 5.91 Å². The number of carbonyl (C=O) groups is 1. The van der Waals surface area contributed by atoms with Crippen LogP contribution in [0.25, 0.3) is 11.3 Å². The second-order valence-corrected chi connectivity index (χ2v) is 6.69. The smallest absolute Gasteiger partial charge is 0.274 e. The van der Waals surface area contributed by atoms with Crippen LogP contribution in [-0.4, -0.2) is 25.9 Å². The fourth-order valence-electron chi connectivity index (χ4n) is 2.77. The molecule has 0 saturated carbocycles. The number of aromatic nitrogens is 4. The van der Waals surface area contributed by atoms with Crippen molar-refractivity contribution in [3.63, 3.8) is 0 Å². The molecule has 29 heavy (non-hydrogen) atoms. The first kappa shape index (κ1) is 18.8. The van der Waals surface area contributed by atoms with E-state index >= 15 is 0 Å². The highest BCUT2D eigenvalue weighted by molar-refractivity contribution is 6.33. The lowest BCUT2D eigenvalue weighted by Crippen LogP contribution is -2.13. The van der Waals surface area contributed by atoms with Gasteiger partial charge < -0.3 is 5.32 Å². The summed E-state index contributed by atoms with van der Waals surface area (Å²) in [6.45, 7) is 0.298. The van der Waals surface area contributed by atoms with Gasteiger partial charge in [-0.05, 0) is 48.0 Å². The van der Waals surface area contributed by atoms with E-state index in [1.807, 2.05) is 0 Å². The Morgan fingerprint density at radius 1 is 1.10 bits per heavy atom. The van der Waals surface area contributed by atoms with Crippen LogP contribution in [0.1, 0.15) is 16.1 Å². The van der Waals surface area contributed by atoms with Crippen LogP contribution >= 0.6 is 11.6 Å². The molecule has 2 aromatic carbocycles. The molecule has 4 aromatic rings. The molecule has 146 valence electrons. The number of benzene rings is 2. The van der Waals surface area contributed by atoms with Gasteiger partial charge >= 0.3 is 0 Å². The summed E-state index contributed by atoms with van der Waals surface area (Å²) in [6, 6.07) is 13.4. The Morgan fingerprint density at radius 2 is 1.90 bits per heavy atom. The average Bonchev–Trinajstić information content (AvgIpc) is 3.30. The van der Waals surface area contributed by atoms with Gasteiger partial charge in [-0.1, -0.05) is 23.7 Å². The quantitative estimate of drug-likeness (QED) is 0.505. The van der Waals surface area contributed by atoms with Gasteiger partial charge in [-0.3, -0.25) is 14.6 Å². The van der Waals surface area contributed by atoms with E-state index in [9.17, 15) is 13.6 Å². The molecule has 0 fully saturated rings. The van der Waals surface area contributed by atoms with Gasteiger partial charge in [0.1, 0.15) is 22.4 Å². The summed E-state index contributed by atoms with van der Waals surface area (Å²) < 4.78 is 27.9. The molecule has 0 bridgehead atoms. The number of aromatic amines is 1. The van der Waals surface area contributed by atoms with Crippen molar-refractivity contribution in [3.8, 4) is 11.3 Å². The molecule has 2 aromatic heterocycles. The fourth-order valence-corrected chi connectivity index (χ4v) is 2.96. The van der Waals surface area contributed by atoms with Crippen molar-refractivity contribution in [1.29, 1.82) is 0 Å². The molecule has 0 aliphatic heterocycles. The summed E-state index contributed by atoms with van der Waals surface area (Å²) in [5.74, 6) is -1.01. The zero-order chi connectivity index (χ0) is 20.4. The number of halogens is 3. The fraction of sp³-hybridized carbons (Fsp3) is 0.0500. The molecule has 0 saturated heterocycles. The first-order valence-corrected chi connectivity index (χ1v) is 8.96. The Labute approximate surface area is 169 Å². The van der Waals surface area contributed by atoms with Crippen LogP contribution in [-0.2, 0) is 6.54 Å². The Balaban J connectivity index is 1.47. The van der Waals surface area contributed by atoms with Crippen molar-refractivity contribution in [2.45, 2.75) is 6.54 Å². The van der Waals surface area contributed by atoms with Crippen LogP contribution in [0.5, 0.6) is 0 Å². The molecule has 4 rings (SSSR count). The van der Waals surface area contributed by atoms with Gasteiger partial charge in [0, 0.05) is 11.8 Å². The number of H-pyrrole nitrogens is 1. The maximum atomic E-state index is 13.3. The number of rotatable bonds is 5. The summed E-state index contributed by atoms with van der Waals surface area (Å²) in [5.41, 5.74) is 2.07. The zero-order valence-corrected chi connectivity index (χ0v) is 15.6. The van der Waals surface area contributed by atoms with E-state index in [1.165, 1.54) is 28.9 Å². The molecule has 6 nitrogen and oxygen atoms in total. The first-order valence-electron chi connectivity index (χ1n) is 8.58.